The maximum Gasteiger partial charge on any atom is 0.239 e. The van der Waals surface area contributed by atoms with Crippen LogP contribution in [0, 0.1) is 0 Å². The molecule has 0 atom stereocenters. The summed E-state index contributed by atoms with van der Waals surface area (Å²) < 4.78 is 10.6. The minimum absolute atomic E-state index is 0.0507. The summed E-state index contributed by atoms with van der Waals surface area (Å²) in [6.45, 7) is 1.51. The fraction of sp³-hybridized carbons (Fsp3) is 0.500. The van der Waals surface area contributed by atoms with Gasteiger partial charge in [-0.1, -0.05) is 0 Å². The Balaban J connectivity index is 1.58. The van der Waals surface area contributed by atoms with Gasteiger partial charge in [-0.25, -0.2) is 9.97 Å². The molecule has 29 heavy (non-hydrogen) atoms. The van der Waals surface area contributed by atoms with Crippen molar-refractivity contribution in [1.29, 1.82) is 0 Å². The van der Waals surface area contributed by atoms with Crippen molar-refractivity contribution in [1.82, 2.24) is 20.3 Å². The molecule has 0 radical (unpaired) electrons. The van der Waals surface area contributed by atoms with Crippen LogP contribution >= 0.6 is 0 Å². The van der Waals surface area contributed by atoms with E-state index in [2.05, 4.69) is 10.3 Å². The lowest BCUT2D eigenvalue weighted by atomic mass is 10.2. The highest BCUT2D eigenvalue weighted by molar-refractivity contribution is 5.81. The van der Waals surface area contributed by atoms with Crippen molar-refractivity contribution in [2.75, 3.05) is 44.9 Å². The van der Waals surface area contributed by atoms with Crippen LogP contribution in [0.5, 0.6) is 5.75 Å². The van der Waals surface area contributed by atoms with Crippen molar-refractivity contribution in [2.45, 2.75) is 25.3 Å². The zero-order chi connectivity index (χ0) is 20.2. The van der Waals surface area contributed by atoms with E-state index in [0.717, 1.165) is 36.3 Å². The molecule has 2 aromatic heterocycles. The van der Waals surface area contributed by atoms with Crippen molar-refractivity contribution >= 4 is 11.7 Å². The minimum atomic E-state index is -0.0585. The first-order chi connectivity index (χ1) is 14.1. The Kier molecular flexibility index (Phi) is 5.86. The second-order valence-corrected chi connectivity index (χ2v) is 7.26. The van der Waals surface area contributed by atoms with Crippen LogP contribution in [0.4, 0.5) is 5.82 Å². The second-order valence-electron chi connectivity index (χ2n) is 7.26. The molecule has 2 aliphatic rings. The highest BCUT2D eigenvalue weighted by Crippen LogP contribution is 2.31. The Morgan fingerprint density at radius 3 is 3.00 bits per heavy atom. The van der Waals surface area contributed by atoms with Crippen LogP contribution in [0.3, 0.4) is 0 Å². The average molecular weight is 399 g/mol. The molecular formula is C20H25N5O4. The number of aliphatic hydroxyl groups is 1. The van der Waals surface area contributed by atoms with Crippen molar-refractivity contribution in [2.24, 2.45) is 0 Å². The van der Waals surface area contributed by atoms with E-state index in [1.165, 1.54) is 0 Å². The van der Waals surface area contributed by atoms with Crippen LogP contribution in [0.1, 0.15) is 17.7 Å². The zero-order valence-electron chi connectivity index (χ0n) is 16.4. The first kappa shape index (κ1) is 19.5. The number of rotatable bonds is 8. The molecule has 1 aliphatic heterocycles. The number of ether oxygens (including phenoxy) is 2. The van der Waals surface area contributed by atoms with Gasteiger partial charge in [-0.2, -0.15) is 0 Å². The van der Waals surface area contributed by atoms with Gasteiger partial charge in [-0.05, 0) is 25.3 Å². The van der Waals surface area contributed by atoms with Crippen LogP contribution in [0.2, 0.25) is 0 Å². The number of fused-ring (bicyclic) bond motifs is 1. The van der Waals surface area contributed by atoms with Crippen LogP contribution in [-0.2, 0) is 22.4 Å². The molecule has 154 valence electrons. The summed E-state index contributed by atoms with van der Waals surface area (Å²) >= 11 is 0. The van der Waals surface area contributed by atoms with E-state index < -0.39 is 0 Å². The van der Waals surface area contributed by atoms with E-state index >= 15 is 0 Å². The average Bonchev–Trinajstić information content (AvgIpc) is 3.17. The van der Waals surface area contributed by atoms with E-state index in [0.29, 0.717) is 30.5 Å². The molecule has 0 saturated carbocycles. The number of aryl methyl sites for hydroxylation is 1. The van der Waals surface area contributed by atoms with Gasteiger partial charge in [0.15, 0.2) is 5.82 Å². The van der Waals surface area contributed by atoms with Crippen molar-refractivity contribution < 1.29 is 19.4 Å². The third-order valence-electron chi connectivity index (χ3n) is 4.98. The van der Waals surface area contributed by atoms with Crippen LogP contribution in [0.25, 0.3) is 11.5 Å². The molecule has 2 aromatic rings. The number of nitrogens with one attached hydrogen (secondary N) is 1. The number of pyridine rings is 1. The van der Waals surface area contributed by atoms with Crippen LogP contribution < -0.4 is 15.0 Å². The van der Waals surface area contributed by atoms with Gasteiger partial charge in [0, 0.05) is 30.6 Å². The molecule has 1 fully saturated rings. The summed E-state index contributed by atoms with van der Waals surface area (Å²) in [5.74, 6) is 1.83. The number of likely N-dealkylation sites (N-methyl/N-ethyl adjacent to an activating group) is 1. The zero-order valence-corrected chi connectivity index (χ0v) is 16.4. The van der Waals surface area contributed by atoms with E-state index in [4.69, 9.17) is 24.5 Å². The van der Waals surface area contributed by atoms with Gasteiger partial charge < -0.3 is 24.8 Å². The maximum atomic E-state index is 12.3. The summed E-state index contributed by atoms with van der Waals surface area (Å²) in [6, 6.07) is 3.60. The lowest BCUT2D eigenvalue weighted by Crippen LogP contribution is -2.51. The quantitative estimate of drug-likeness (QED) is 0.654. The number of carbonyl (C=O) groups is 1. The topological polar surface area (TPSA) is 110 Å². The monoisotopic (exact) mass is 399 g/mol. The summed E-state index contributed by atoms with van der Waals surface area (Å²) in [5.41, 5.74) is 2.71. The molecule has 0 unspecified atom stereocenters. The van der Waals surface area contributed by atoms with Crippen LogP contribution in [0.15, 0.2) is 18.3 Å². The maximum absolute atomic E-state index is 12.3. The van der Waals surface area contributed by atoms with Gasteiger partial charge >= 0.3 is 0 Å². The summed E-state index contributed by atoms with van der Waals surface area (Å²) in [6.07, 6.45) is 4.45. The molecule has 4 rings (SSSR count). The van der Waals surface area contributed by atoms with Crippen LogP contribution in [-0.4, -0.2) is 72.0 Å². The number of anilines is 1. The highest BCUT2D eigenvalue weighted by Gasteiger charge is 2.25. The summed E-state index contributed by atoms with van der Waals surface area (Å²) in [7, 11) is 1.87. The van der Waals surface area contributed by atoms with Gasteiger partial charge in [-0.15, -0.1) is 0 Å². The molecule has 1 amide bonds. The molecule has 9 nitrogen and oxygen atoms in total. The van der Waals surface area contributed by atoms with E-state index in [-0.39, 0.29) is 31.7 Å². The lowest BCUT2D eigenvalue weighted by molar-refractivity contribution is -0.123. The molecular weight excluding hydrogens is 374 g/mol. The molecule has 3 heterocycles. The third kappa shape index (κ3) is 4.46. The Morgan fingerprint density at radius 1 is 1.38 bits per heavy atom. The smallest absolute Gasteiger partial charge is 0.239 e. The molecule has 2 N–H and O–H groups in total. The number of hydrogen-bond donors (Lipinski definition) is 2. The number of carbonyl (C=O) groups excluding carboxylic acids is 1. The molecule has 1 aliphatic carbocycles. The molecule has 0 aromatic carbocycles. The normalized spacial score (nSPS) is 15.5. The minimum Gasteiger partial charge on any atom is -0.491 e. The first-order valence-electron chi connectivity index (χ1n) is 9.82. The first-order valence-corrected chi connectivity index (χ1v) is 9.82. The van der Waals surface area contributed by atoms with Crippen molar-refractivity contribution in [3.63, 3.8) is 0 Å². The van der Waals surface area contributed by atoms with Gasteiger partial charge in [0.1, 0.15) is 23.9 Å². The fourth-order valence-electron chi connectivity index (χ4n) is 3.51. The lowest BCUT2D eigenvalue weighted by Gasteiger charge is -2.28. The summed E-state index contributed by atoms with van der Waals surface area (Å²) in [4.78, 5) is 28.0. The van der Waals surface area contributed by atoms with Gasteiger partial charge in [-0.3, -0.25) is 9.78 Å². The Hall–Kier alpha value is -2.78. The Morgan fingerprint density at radius 2 is 2.24 bits per heavy atom. The summed E-state index contributed by atoms with van der Waals surface area (Å²) in [5, 5.41) is 11.9. The number of hydrogen-bond acceptors (Lipinski definition) is 8. The number of aromatic nitrogens is 3. The van der Waals surface area contributed by atoms with Crippen molar-refractivity contribution in [3.05, 3.63) is 29.6 Å². The molecule has 1 saturated heterocycles. The second kappa shape index (κ2) is 8.71. The SMILES string of the molecule is CN(CC(=O)NC1COC1)c1nc(-c2cc(OCCO)ccn2)nc2c1CCC2. The Labute approximate surface area is 169 Å². The van der Waals surface area contributed by atoms with Crippen molar-refractivity contribution in [3.8, 4) is 17.3 Å². The molecule has 9 heteroatoms. The fourth-order valence-corrected chi connectivity index (χ4v) is 3.51. The predicted octanol–water partition coefficient (Wildman–Crippen LogP) is 0.350. The van der Waals surface area contributed by atoms with Gasteiger partial charge in [0.05, 0.1) is 32.4 Å². The van der Waals surface area contributed by atoms with Gasteiger partial charge in [0.25, 0.3) is 0 Å². The predicted molar refractivity (Wildman–Crippen MR) is 106 cm³/mol. The Bertz CT molecular complexity index is 887. The standard InChI is InChI=1S/C20H25N5O4/c1-25(10-18(27)22-13-11-28-12-13)20-15-3-2-4-16(15)23-19(24-20)17-9-14(5-6-21-17)29-8-7-26/h5-6,9,13,26H,2-4,7-8,10-12H2,1H3,(H,22,27). The number of amides is 1. The van der Waals surface area contributed by atoms with Gasteiger partial charge in [0.2, 0.25) is 5.91 Å². The van der Waals surface area contributed by atoms with E-state index in [9.17, 15) is 4.79 Å². The highest BCUT2D eigenvalue weighted by atomic mass is 16.5. The van der Waals surface area contributed by atoms with E-state index in [1.807, 2.05) is 11.9 Å². The number of aliphatic hydroxyl groups excluding tert-OH is 1. The largest absolute Gasteiger partial charge is 0.491 e. The molecule has 0 bridgehead atoms. The number of nitrogens with zero attached hydrogens (tertiary/aromatic N) is 4. The van der Waals surface area contributed by atoms with E-state index in [1.54, 1.807) is 18.3 Å². The molecule has 0 spiro atoms. The third-order valence-corrected chi connectivity index (χ3v) is 4.98.